The van der Waals surface area contributed by atoms with Crippen LogP contribution in [0, 0.1) is 5.92 Å². The highest BCUT2D eigenvalue weighted by Crippen LogP contribution is 2.30. The zero-order valence-electron chi connectivity index (χ0n) is 15.5. The molecule has 1 aromatic heterocycles. The molecule has 1 atom stereocenters. The molecule has 0 aliphatic heterocycles. The zero-order valence-corrected chi connectivity index (χ0v) is 15.5. The number of alkyl halides is 3. The molecule has 2 N–H and O–H groups in total. The number of anilines is 1. The van der Waals surface area contributed by atoms with Crippen LogP contribution in [0.1, 0.15) is 18.1 Å². The minimum atomic E-state index is -4.41. The summed E-state index contributed by atoms with van der Waals surface area (Å²) in [5.41, 5.74) is 1.15. The number of nitrogens with zero attached hydrogens (tertiary/aromatic N) is 2. The van der Waals surface area contributed by atoms with Gasteiger partial charge in [0, 0.05) is 12.5 Å². The van der Waals surface area contributed by atoms with E-state index in [2.05, 4.69) is 15.6 Å². The van der Waals surface area contributed by atoms with Gasteiger partial charge in [-0.15, -0.1) is 0 Å². The number of fused-ring (bicyclic) bond motifs is 1. The van der Waals surface area contributed by atoms with E-state index in [1.165, 1.54) is 6.07 Å². The summed E-state index contributed by atoms with van der Waals surface area (Å²) in [7, 11) is 1.76. The normalized spacial score (nSPS) is 12.9. The topological polar surface area (TPSA) is 59.0 Å². The molecule has 5 nitrogen and oxygen atoms in total. The lowest BCUT2D eigenvalue weighted by Gasteiger charge is -2.14. The molecule has 0 spiro atoms. The molecule has 2 aromatic carbocycles. The Hall–Kier alpha value is -2.87. The number of hydrogen-bond acceptors (Lipinski definition) is 3. The van der Waals surface area contributed by atoms with E-state index < -0.39 is 11.7 Å². The van der Waals surface area contributed by atoms with Crippen LogP contribution < -0.4 is 10.6 Å². The Labute approximate surface area is 160 Å². The Kier molecular flexibility index (Phi) is 5.69. The smallest absolute Gasteiger partial charge is 0.319 e. The number of nitrogens with one attached hydrogen (secondary N) is 2. The molecule has 0 saturated carbocycles. The molecule has 0 bridgehead atoms. The summed E-state index contributed by atoms with van der Waals surface area (Å²) in [5, 5.41) is 5.74. The number of halogens is 3. The van der Waals surface area contributed by atoms with Crippen LogP contribution >= 0.6 is 0 Å². The Morgan fingerprint density at radius 2 is 1.93 bits per heavy atom. The lowest BCUT2D eigenvalue weighted by Crippen LogP contribution is -2.29. The van der Waals surface area contributed by atoms with Gasteiger partial charge in [0.05, 0.1) is 23.1 Å². The molecule has 0 aliphatic carbocycles. The van der Waals surface area contributed by atoms with E-state index in [0.717, 1.165) is 17.6 Å². The summed E-state index contributed by atoms with van der Waals surface area (Å²) >= 11 is 0. The van der Waals surface area contributed by atoms with Crippen molar-refractivity contribution in [2.75, 3.05) is 18.9 Å². The largest absolute Gasteiger partial charge is 0.416 e. The van der Waals surface area contributed by atoms with Gasteiger partial charge >= 0.3 is 6.18 Å². The van der Waals surface area contributed by atoms with E-state index >= 15 is 0 Å². The van der Waals surface area contributed by atoms with E-state index in [-0.39, 0.29) is 18.4 Å². The number of carbonyl (C=O) groups excluding carboxylic acids is 1. The van der Waals surface area contributed by atoms with Crippen molar-refractivity contribution in [1.82, 2.24) is 14.9 Å². The van der Waals surface area contributed by atoms with Gasteiger partial charge < -0.3 is 9.88 Å². The van der Waals surface area contributed by atoms with E-state index in [4.69, 9.17) is 0 Å². The second kappa shape index (κ2) is 8.02. The van der Waals surface area contributed by atoms with Crippen LogP contribution in [0.25, 0.3) is 11.0 Å². The van der Waals surface area contributed by atoms with Gasteiger partial charge in [-0.2, -0.15) is 13.2 Å². The SMILES string of the molecule is CNCC(C)C(=O)Nc1nc2ccccc2n1Cc1cccc(C(F)(F)F)c1. The summed E-state index contributed by atoms with van der Waals surface area (Å²) in [6.07, 6.45) is -4.41. The second-order valence-electron chi connectivity index (χ2n) is 6.66. The van der Waals surface area contributed by atoms with Crippen LogP contribution in [0.3, 0.4) is 0 Å². The van der Waals surface area contributed by atoms with Gasteiger partial charge in [-0.3, -0.25) is 10.1 Å². The monoisotopic (exact) mass is 390 g/mol. The lowest BCUT2D eigenvalue weighted by molar-refractivity contribution is -0.137. The van der Waals surface area contributed by atoms with Crippen molar-refractivity contribution in [3.8, 4) is 0 Å². The standard InChI is InChI=1S/C20H21F3N4O/c1-13(11-24-2)18(28)26-19-25-16-8-3-4-9-17(16)27(19)12-14-6-5-7-15(10-14)20(21,22)23/h3-10,13,24H,11-12H2,1-2H3,(H,25,26,28). The van der Waals surface area contributed by atoms with E-state index in [1.807, 2.05) is 18.2 Å². The summed E-state index contributed by atoms with van der Waals surface area (Å²) < 4.78 is 40.8. The Morgan fingerprint density at radius 1 is 1.18 bits per heavy atom. The Balaban J connectivity index is 1.97. The number of imidazole rings is 1. The van der Waals surface area contributed by atoms with Crippen LogP contribution in [-0.4, -0.2) is 29.1 Å². The molecule has 0 radical (unpaired) electrons. The second-order valence-corrected chi connectivity index (χ2v) is 6.66. The molecule has 0 fully saturated rings. The molecule has 3 rings (SSSR count). The van der Waals surface area contributed by atoms with Crippen molar-refractivity contribution in [2.24, 2.45) is 5.92 Å². The number of rotatable bonds is 6. The summed E-state index contributed by atoms with van der Waals surface area (Å²) in [6.45, 7) is 2.44. The van der Waals surface area contributed by atoms with E-state index in [9.17, 15) is 18.0 Å². The third kappa shape index (κ3) is 4.33. The molecule has 1 amide bonds. The predicted molar refractivity (Wildman–Crippen MR) is 102 cm³/mol. The molecule has 1 heterocycles. The highest BCUT2D eigenvalue weighted by molar-refractivity contribution is 5.93. The highest BCUT2D eigenvalue weighted by Gasteiger charge is 2.30. The number of benzene rings is 2. The quantitative estimate of drug-likeness (QED) is 0.671. The first kappa shape index (κ1) is 19.9. The van der Waals surface area contributed by atoms with Gasteiger partial charge in [0.25, 0.3) is 0 Å². The first-order valence-corrected chi connectivity index (χ1v) is 8.86. The van der Waals surface area contributed by atoms with Crippen LogP contribution in [-0.2, 0) is 17.5 Å². The van der Waals surface area contributed by atoms with Crippen LogP contribution in [0.5, 0.6) is 0 Å². The molecular formula is C20H21F3N4O. The fraction of sp³-hybridized carbons (Fsp3) is 0.300. The molecule has 1 unspecified atom stereocenters. The highest BCUT2D eigenvalue weighted by atomic mass is 19.4. The zero-order chi connectivity index (χ0) is 20.3. The van der Waals surface area contributed by atoms with Gasteiger partial charge in [-0.1, -0.05) is 31.2 Å². The number of amides is 1. The summed E-state index contributed by atoms with van der Waals surface area (Å²) in [4.78, 5) is 16.9. The lowest BCUT2D eigenvalue weighted by atomic mass is 10.1. The number of hydrogen-bond donors (Lipinski definition) is 2. The predicted octanol–water partition coefficient (Wildman–Crippen LogP) is 3.90. The first-order valence-electron chi connectivity index (χ1n) is 8.86. The Morgan fingerprint density at radius 3 is 2.64 bits per heavy atom. The van der Waals surface area contributed by atoms with Crippen molar-refractivity contribution >= 4 is 22.9 Å². The summed E-state index contributed by atoms with van der Waals surface area (Å²) in [6, 6.07) is 12.4. The fourth-order valence-electron chi connectivity index (χ4n) is 2.99. The van der Waals surface area contributed by atoms with Crippen LogP contribution in [0.2, 0.25) is 0 Å². The van der Waals surface area contributed by atoms with Crippen LogP contribution in [0.4, 0.5) is 19.1 Å². The first-order chi connectivity index (χ1) is 13.3. The molecule has 0 saturated heterocycles. The maximum atomic E-state index is 13.0. The van der Waals surface area contributed by atoms with Gasteiger partial charge in [-0.05, 0) is 36.9 Å². The fourth-order valence-corrected chi connectivity index (χ4v) is 2.99. The molecular weight excluding hydrogens is 369 g/mol. The van der Waals surface area contributed by atoms with Gasteiger partial charge in [-0.25, -0.2) is 4.98 Å². The molecule has 8 heteroatoms. The average molecular weight is 390 g/mol. The third-order valence-electron chi connectivity index (χ3n) is 4.44. The maximum Gasteiger partial charge on any atom is 0.416 e. The molecule has 3 aromatic rings. The number of para-hydroxylation sites is 2. The Bertz CT molecular complexity index is 981. The molecule has 0 aliphatic rings. The number of carbonyl (C=O) groups is 1. The van der Waals surface area contributed by atoms with Crippen LogP contribution in [0.15, 0.2) is 48.5 Å². The summed E-state index contributed by atoms with van der Waals surface area (Å²) in [5.74, 6) is -0.187. The van der Waals surface area contributed by atoms with E-state index in [1.54, 1.807) is 30.7 Å². The van der Waals surface area contributed by atoms with Crippen molar-refractivity contribution < 1.29 is 18.0 Å². The van der Waals surface area contributed by atoms with Crippen molar-refractivity contribution in [1.29, 1.82) is 0 Å². The van der Waals surface area contributed by atoms with Gasteiger partial charge in [0.15, 0.2) is 0 Å². The maximum absolute atomic E-state index is 13.0. The molecule has 148 valence electrons. The third-order valence-corrected chi connectivity index (χ3v) is 4.44. The van der Waals surface area contributed by atoms with Gasteiger partial charge in [0.1, 0.15) is 0 Å². The van der Waals surface area contributed by atoms with Gasteiger partial charge in [0.2, 0.25) is 11.9 Å². The molecule has 28 heavy (non-hydrogen) atoms. The van der Waals surface area contributed by atoms with Crippen molar-refractivity contribution in [3.05, 3.63) is 59.7 Å². The number of aromatic nitrogens is 2. The minimum absolute atomic E-state index is 0.153. The van der Waals surface area contributed by atoms with Crippen molar-refractivity contribution in [2.45, 2.75) is 19.6 Å². The minimum Gasteiger partial charge on any atom is -0.319 e. The van der Waals surface area contributed by atoms with E-state index in [0.29, 0.717) is 23.6 Å². The van der Waals surface area contributed by atoms with Crippen molar-refractivity contribution in [3.63, 3.8) is 0 Å². The average Bonchev–Trinajstić information content (AvgIpc) is 2.99.